The number of benzene rings is 1. The van der Waals surface area contributed by atoms with Gasteiger partial charge in [0.1, 0.15) is 36.5 Å². The number of rotatable bonds is 12. The van der Waals surface area contributed by atoms with Gasteiger partial charge in [-0.15, -0.1) is 10.2 Å². The van der Waals surface area contributed by atoms with Crippen LogP contribution in [-0.2, 0) is 11.3 Å². The molecule has 3 aliphatic rings. The standard InChI is InChI=1S/C32H39N11O4/c1-22(18-42-21-36-39-40-42)47-29-14-23(2-3-24(29)15-33)25-16-34-31(35-17-25)37-28-19-43(38-30(28)46-20-32(44)8-9-32)27-6-4-26(5-7-27)41-10-12-45-13-11-41/h2-3,14,16-17,19,21-22,26-27,44H,4-13,18,20H2,1H3,(H,34,35,37)/t22-,26-,27-/m0/s1. The molecule has 4 aromatic rings. The molecule has 1 aromatic carbocycles. The van der Waals surface area contributed by atoms with Crippen LogP contribution in [0.3, 0.4) is 0 Å². The first-order chi connectivity index (χ1) is 22.9. The van der Waals surface area contributed by atoms with E-state index in [2.05, 4.69) is 41.8 Å². The average molecular weight is 642 g/mol. The molecule has 2 N–H and O–H groups in total. The van der Waals surface area contributed by atoms with E-state index in [9.17, 15) is 10.4 Å². The Morgan fingerprint density at radius 3 is 2.57 bits per heavy atom. The van der Waals surface area contributed by atoms with Crippen molar-refractivity contribution in [2.24, 2.45) is 0 Å². The number of tetrazole rings is 1. The number of hydrogen-bond donors (Lipinski definition) is 2. The first kappa shape index (κ1) is 31.0. The second-order valence-corrected chi connectivity index (χ2v) is 12.7. The fourth-order valence-electron chi connectivity index (χ4n) is 6.21. The summed E-state index contributed by atoms with van der Waals surface area (Å²) in [5.74, 6) is 1.27. The molecule has 246 valence electrons. The van der Waals surface area contributed by atoms with Gasteiger partial charge in [-0.2, -0.15) is 5.26 Å². The third-order valence-electron chi connectivity index (χ3n) is 9.10. The topological polar surface area (TPSA) is 174 Å². The van der Waals surface area contributed by atoms with Crippen molar-refractivity contribution in [2.45, 2.75) is 75.8 Å². The Morgan fingerprint density at radius 2 is 1.87 bits per heavy atom. The molecular formula is C32H39N11O4. The zero-order valence-corrected chi connectivity index (χ0v) is 26.4. The van der Waals surface area contributed by atoms with Gasteiger partial charge >= 0.3 is 0 Å². The lowest BCUT2D eigenvalue weighted by atomic mass is 9.90. The minimum Gasteiger partial charge on any atom is -0.487 e. The molecule has 0 unspecified atom stereocenters. The van der Waals surface area contributed by atoms with Crippen LogP contribution in [0.15, 0.2) is 43.1 Å². The van der Waals surface area contributed by atoms with Gasteiger partial charge in [-0.3, -0.25) is 9.58 Å². The number of nitrogens with zero attached hydrogens (tertiary/aromatic N) is 10. The number of morpholine rings is 1. The van der Waals surface area contributed by atoms with Crippen LogP contribution in [0.4, 0.5) is 11.6 Å². The second kappa shape index (κ2) is 13.6. The van der Waals surface area contributed by atoms with Crippen LogP contribution < -0.4 is 14.8 Å². The molecule has 1 atom stereocenters. The fraction of sp³-hybridized carbons (Fsp3) is 0.531. The maximum atomic E-state index is 10.4. The van der Waals surface area contributed by atoms with Crippen LogP contribution in [0.2, 0.25) is 0 Å². The van der Waals surface area contributed by atoms with E-state index in [1.807, 2.05) is 29.9 Å². The number of hydrogen-bond acceptors (Lipinski definition) is 13. The summed E-state index contributed by atoms with van der Waals surface area (Å²) >= 11 is 0. The van der Waals surface area contributed by atoms with Gasteiger partial charge in [-0.1, -0.05) is 6.07 Å². The van der Waals surface area contributed by atoms with Crippen molar-refractivity contribution >= 4 is 11.6 Å². The lowest BCUT2D eigenvalue weighted by Crippen LogP contribution is -2.45. The highest BCUT2D eigenvalue weighted by Gasteiger charge is 2.41. The maximum Gasteiger partial charge on any atom is 0.257 e. The highest BCUT2D eigenvalue weighted by Crippen LogP contribution is 2.38. The lowest BCUT2D eigenvalue weighted by molar-refractivity contribution is 0.00500. The van der Waals surface area contributed by atoms with E-state index < -0.39 is 5.60 Å². The van der Waals surface area contributed by atoms with Crippen LogP contribution in [-0.4, -0.2) is 101 Å². The van der Waals surface area contributed by atoms with Crippen molar-refractivity contribution in [3.05, 3.63) is 48.7 Å². The van der Waals surface area contributed by atoms with E-state index in [0.717, 1.165) is 76.0 Å². The first-order valence-corrected chi connectivity index (χ1v) is 16.2. The van der Waals surface area contributed by atoms with E-state index >= 15 is 0 Å². The van der Waals surface area contributed by atoms with Crippen molar-refractivity contribution < 1.29 is 19.3 Å². The summed E-state index contributed by atoms with van der Waals surface area (Å²) < 4.78 is 21.2. The molecule has 0 radical (unpaired) electrons. The highest BCUT2D eigenvalue weighted by atomic mass is 16.5. The zero-order valence-electron chi connectivity index (χ0n) is 26.4. The summed E-state index contributed by atoms with van der Waals surface area (Å²) in [6, 6.07) is 8.43. The third-order valence-corrected chi connectivity index (χ3v) is 9.10. The van der Waals surface area contributed by atoms with Crippen LogP contribution >= 0.6 is 0 Å². The molecule has 2 aliphatic carbocycles. The van der Waals surface area contributed by atoms with Crippen molar-refractivity contribution in [2.75, 3.05) is 38.2 Å². The van der Waals surface area contributed by atoms with Crippen LogP contribution in [0.25, 0.3) is 11.1 Å². The van der Waals surface area contributed by atoms with Gasteiger partial charge < -0.3 is 24.6 Å². The van der Waals surface area contributed by atoms with Crippen molar-refractivity contribution in [3.8, 4) is 28.8 Å². The first-order valence-electron chi connectivity index (χ1n) is 16.2. The van der Waals surface area contributed by atoms with E-state index in [1.165, 1.54) is 6.33 Å². The Bertz CT molecular complexity index is 1670. The number of ether oxygens (including phenoxy) is 3. The minimum atomic E-state index is -0.773. The molecule has 1 aliphatic heterocycles. The van der Waals surface area contributed by atoms with Crippen LogP contribution in [0.1, 0.15) is 57.1 Å². The quantitative estimate of drug-likeness (QED) is 0.231. The van der Waals surface area contributed by atoms with Gasteiger partial charge in [0.05, 0.1) is 43.2 Å². The molecule has 2 saturated carbocycles. The van der Waals surface area contributed by atoms with Crippen molar-refractivity contribution in [1.82, 2.24) is 44.9 Å². The Kier molecular flexibility index (Phi) is 8.96. The zero-order chi connectivity index (χ0) is 32.2. The summed E-state index contributed by atoms with van der Waals surface area (Å²) in [6.45, 7) is 6.16. The van der Waals surface area contributed by atoms with Gasteiger partial charge in [0.2, 0.25) is 5.95 Å². The molecule has 15 nitrogen and oxygen atoms in total. The molecule has 15 heteroatoms. The Labute approximate surface area is 272 Å². The molecule has 4 heterocycles. The third kappa shape index (κ3) is 7.51. The molecule has 3 fully saturated rings. The predicted octanol–water partition coefficient (Wildman–Crippen LogP) is 3.13. The van der Waals surface area contributed by atoms with Crippen LogP contribution in [0, 0.1) is 11.3 Å². The summed E-state index contributed by atoms with van der Waals surface area (Å²) in [4.78, 5) is 11.7. The van der Waals surface area contributed by atoms with Gasteiger partial charge in [-0.25, -0.2) is 14.6 Å². The fourth-order valence-corrected chi connectivity index (χ4v) is 6.21. The van der Waals surface area contributed by atoms with E-state index in [0.29, 0.717) is 41.4 Å². The number of nitrogens with one attached hydrogen (secondary N) is 1. The molecule has 47 heavy (non-hydrogen) atoms. The maximum absolute atomic E-state index is 10.4. The molecule has 1 saturated heterocycles. The van der Waals surface area contributed by atoms with E-state index in [-0.39, 0.29) is 18.8 Å². The molecular weight excluding hydrogens is 602 g/mol. The monoisotopic (exact) mass is 641 g/mol. The molecule has 0 amide bonds. The van der Waals surface area contributed by atoms with Gasteiger partial charge in [0.15, 0.2) is 0 Å². The predicted molar refractivity (Wildman–Crippen MR) is 169 cm³/mol. The lowest BCUT2D eigenvalue weighted by Gasteiger charge is -2.38. The number of aliphatic hydroxyl groups is 1. The van der Waals surface area contributed by atoms with Crippen molar-refractivity contribution in [1.29, 1.82) is 5.26 Å². The SMILES string of the molecule is C[C@@H](Cn1cnnn1)Oc1cc(-c2cnc(Nc3cn([C@H]4CC[C@H](N5CCOCC5)CC4)nc3OCC3(O)CC3)nc2)ccc1C#N. The summed E-state index contributed by atoms with van der Waals surface area (Å²) in [7, 11) is 0. The average Bonchev–Trinajstić information content (AvgIpc) is 3.42. The summed E-state index contributed by atoms with van der Waals surface area (Å²) in [6.07, 6.45) is 12.4. The molecule has 0 spiro atoms. The molecule has 3 aromatic heterocycles. The number of nitriles is 1. The van der Waals surface area contributed by atoms with E-state index in [1.54, 1.807) is 23.1 Å². The van der Waals surface area contributed by atoms with Crippen LogP contribution in [0.5, 0.6) is 11.6 Å². The normalized spacial score (nSPS) is 21.5. The number of anilines is 2. The highest BCUT2D eigenvalue weighted by molar-refractivity contribution is 5.67. The van der Waals surface area contributed by atoms with Gasteiger partial charge in [0, 0.05) is 37.1 Å². The minimum absolute atomic E-state index is 0.194. The second-order valence-electron chi connectivity index (χ2n) is 12.7. The number of aromatic nitrogens is 8. The van der Waals surface area contributed by atoms with E-state index in [4.69, 9.17) is 19.3 Å². The largest absolute Gasteiger partial charge is 0.487 e. The van der Waals surface area contributed by atoms with Gasteiger partial charge in [-0.05, 0) is 73.6 Å². The Balaban J connectivity index is 1.04. The summed E-state index contributed by atoms with van der Waals surface area (Å²) in [5, 5.41) is 39.3. The van der Waals surface area contributed by atoms with Crippen molar-refractivity contribution in [3.63, 3.8) is 0 Å². The van der Waals surface area contributed by atoms with Gasteiger partial charge in [0.25, 0.3) is 5.88 Å². The smallest absolute Gasteiger partial charge is 0.257 e. The Hall–Kier alpha value is -4.65. The Morgan fingerprint density at radius 1 is 1.11 bits per heavy atom. The summed E-state index contributed by atoms with van der Waals surface area (Å²) in [5.41, 5.74) is 1.87. The molecule has 7 rings (SSSR count). The molecule has 0 bridgehead atoms.